The maximum absolute atomic E-state index is 12.6. The smallest absolute Gasteiger partial charge is 0.251 e. The lowest BCUT2D eigenvalue weighted by Gasteiger charge is -2.29. The Kier molecular flexibility index (Phi) is 3.14. The van der Waals surface area contributed by atoms with Gasteiger partial charge in [0.15, 0.2) is 11.1 Å². The number of hydrogen-bond acceptors (Lipinski definition) is 1. The molecule has 0 aliphatic carbocycles. The molecule has 0 aliphatic heterocycles. The van der Waals surface area contributed by atoms with E-state index in [0.29, 0.717) is 0 Å². The fourth-order valence-corrected chi connectivity index (χ4v) is 1.31. The van der Waals surface area contributed by atoms with Crippen LogP contribution in [0, 0.1) is 5.41 Å². The first kappa shape index (κ1) is 11.0. The van der Waals surface area contributed by atoms with E-state index in [-0.39, 0.29) is 0 Å². The summed E-state index contributed by atoms with van der Waals surface area (Å²) in [6, 6.07) is 0. The quantitative estimate of drug-likeness (QED) is 0.683. The van der Waals surface area contributed by atoms with Crippen molar-refractivity contribution in [2.24, 2.45) is 5.41 Å². The van der Waals surface area contributed by atoms with Crippen molar-refractivity contribution in [2.75, 3.05) is 5.75 Å². The molecule has 0 aromatic heterocycles. The van der Waals surface area contributed by atoms with Crippen LogP contribution in [0.5, 0.6) is 0 Å². The summed E-state index contributed by atoms with van der Waals surface area (Å²) in [4.78, 5) is 0. The summed E-state index contributed by atoms with van der Waals surface area (Å²) in [6.45, 7) is 3.28. The first-order valence-electron chi connectivity index (χ1n) is 3.12. The lowest BCUT2D eigenvalue weighted by atomic mass is 9.89. The van der Waals surface area contributed by atoms with Crippen molar-refractivity contribution in [1.82, 2.24) is 0 Å². The normalized spacial score (nSPS) is 16.5. The largest absolute Gasteiger partial charge is 0.306 e. The zero-order chi connectivity index (χ0) is 9.28. The molecular formula is C6H12F2O2S. The molecule has 0 spiro atoms. The highest BCUT2D eigenvalue weighted by Gasteiger charge is 2.42. The standard InChI is InChI=1S/C6H12F2O2S/c1-5(2,4-11(9)10)6(3,7)8/h4H2,1-3H3,(H,9,10). The fraction of sp³-hybridized carbons (Fsp3) is 1.00. The second kappa shape index (κ2) is 3.15. The molecule has 2 nitrogen and oxygen atoms in total. The predicted molar refractivity (Wildman–Crippen MR) is 40.0 cm³/mol. The molecule has 0 amide bonds. The molecule has 68 valence electrons. The summed E-state index contributed by atoms with van der Waals surface area (Å²) >= 11 is -2.16. The molecule has 0 rings (SSSR count). The van der Waals surface area contributed by atoms with Crippen LogP contribution < -0.4 is 0 Å². The third-order valence-electron chi connectivity index (χ3n) is 1.67. The van der Waals surface area contributed by atoms with Gasteiger partial charge in [-0.2, -0.15) is 0 Å². The minimum Gasteiger partial charge on any atom is -0.306 e. The Morgan fingerprint density at radius 3 is 1.82 bits per heavy atom. The second-order valence-electron chi connectivity index (χ2n) is 3.24. The van der Waals surface area contributed by atoms with Gasteiger partial charge in [0.1, 0.15) is 0 Å². The predicted octanol–water partition coefficient (Wildman–Crippen LogP) is 1.89. The van der Waals surface area contributed by atoms with E-state index in [0.717, 1.165) is 6.92 Å². The van der Waals surface area contributed by atoms with Crippen molar-refractivity contribution in [3.8, 4) is 0 Å². The molecule has 0 saturated heterocycles. The van der Waals surface area contributed by atoms with E-state index in [2.05, 4.69) is 0 Å². The van der Waals surface area contributed by atoms with Crippen LogP contribution >= 0.6 is 0 Å². The zero-order valence-electron chi connectivity index (χ0n) is 6.73. The van der Waals surface area contributed by atoms with Gasteiger partial charge in [0, 0.05) is 5.41 Å². The van der Waals surface area contributed by atoms with Crippen LogP contribution in [-0.4, -0.2) is 20.4 Å². The van der Waals surface area contributed by atoms with Crippen LogP contribution in [0.3, 0.4) is 0 Å². The fourth-order valence-electron chi connectivity index (χ4n) is 0.435. The molecule has 5 heteroatoms. The van der Waals surface area contributed by atoms with Gasteiger partial charge in [-0.3, -0.25) is 0 Å². The van der Waals surface area contributed by atoms with Gasteiger partial charge in [0.05, 0.1) is 5.75 Å². The number of halogens is 2. The molecule has 0 bridgehead atoms. The lowest BCUT2D eigenvalue weighted by Crippen LogP contribution is -2.37. The van der Waals surface area contributed by atoms with Crippen molar-refractivity contribution in [2.45, 2.75) is 26.7 Å². The molecule has 0 aromatic carbocycles. The minimum atomic E-state index is -2.93. The van der Waals surface area contributed by atoms with Crippen molar-refractivity contribution < 1.29 is 17.5 Å². The van der Waals surface area contributed by atoms with Gasteiger partial charge >= 0.3 is 0 Å². The highest BCUT2D eigenvalue weighted by Crippen LogP contribution is 2.35. The summed E-state index contributed by atoms with van der Waals surface area (Å²) in [5.41, 5.74) is -1.42. The summed E-state index contributed by atoms with van der Waals surface area (Å²) in [7, 11) is 0. The summed E-state index contributed by atoms with van der Waals surface area (Å²) in [5, 5.41) is 0. The van der Waals surface area contributed by atoms with Gasteiger partial charge in [-0.1, -0.05) is 13.8 Å². The van der Waals surface area contributed by atoms with Crippen molar-refractivity contribution in [3.05, 3.63) is 0 Å². The third-order valence-corrected chi connectivity index (χ3v) is 2.64. The monoisotopic (exact) mass is 186 g/mol. The molecule has 0 heterocycles. The highest BCUT2D eigenvalue weighted by atomic mass is 32.2. The van der Waals surface area contributed by atoms with Gasteiger partial charge in [-0.25, -0.2) is 13.0 Å². The average molecular weight is 186 g/mol. The van der Waals surface area contributed by atoms with Crippen molar-refractivity contribution >= 4 is 11.1 Å². The number of rotatable bonds is 3. The molecule has 0 fully saturated rings. The van der Waals surface area contributed by atoms with E-state index in [9.17, 15) is 13.0 Å². The molecule has 1 N–H and O–H groups in total. The molecule has 1 unspecified atom stereocenters. The first-order valence-corrected chi connectivity index (χ1v) is 4.40. The number of hydrogen-bond donors (Lipinski definition) is 1. The molecular weight excluding hydrogens is 174 g/mol. The topological polar surface area (TPSA) is 37.3 Å². The van der Waals surface area contributed by atoms with E-state index in [4.69, 9.17) is 4.55 Å². The Bertz CT molecular complexity index is 162. The first-order chi connectivity index (χ1) is 4.67. The van der Waals surface area contributed by atoms with E-state index in [1.165, 1.54) is 13.8 Å². The molecule has 1 atom stereocenters. The van der Waals surface area contributed by atoms with Crippen LogP contribution in [0.1, 0.15) is 20.8 Å². The van der Waals surface area contributed by atoms with Gasteiger partial charge in [0.2, 0.25) is 0 Å². The van der Waals surface area contributed by atoms with Gasteiger partial charge in [-0.05, 0) is 6.92 Å². The summed E-state index contributed by atoms with van der Waals surface area (Å²) in [6.07, 6.45) is 0. The van der Waals surface area contributed by atoms with E-state index in [1.54, 1.807) is 0 Å². The van der Waals surface area contributed by atoms with Gasteiger partial charge < -0.3 is 4.55 Å². The molecule has 0 radical (unpaired) electrons. The van der Waals surface area contributed by atoms with Gasteiger partial charge in [-0.15, -0.1) is 0 Å². The highest BCUT2D eigenvalue weighted by molar-refractivity contribution is 7.79. The van der Waals surface area contributed by atoms with Crippen LogP contribution in [-0.2, 0) is 11.1 Å². The lowest BCUT2D eigenvalue weighted by molar-refractivity contribution is -0.0768. The van der Waals surface area contributed by atoms with Crippen molar-refractivity contribution in [1.29, 1.82) is 0 Å². The maximum atomic E-state index is 12.6. The average Bonchev–Trinajstić information content (AvgIpc) is 1.56. The molecule has 0 aromatic rings. The number of alkyl halides is 2. The van der Waals surface area contributed by atoms with E-state index < -0.39 is 28.2 Å². The summed E-state index contributed by atoms with van der Waals surface area (Å²) < 4.78 is 43.9. The van der Waals surface area contributed by atoms with Crippen LogP contribution in [0.2, 0.25) is 0 Å². The van der Waals surface area contributed by atoms with Crippen LogP contribution in [0.25, 0.3) is 0 Å². The van der Waals surface area contributed by atoms with E-state index in [1.807, 2.05) is 0 Å². The molecule has 11 heavy (non-hydrogen) atoms. The van der Waals surface area contributed by atoms with E-state index >= 15 is 0 Å². The Morgan fingerprint density at radius 1 is 1.36 bits per heavy atom. The van der Waals surface area contributed by atoms with Crippen molar-refractivity contribution in [3.63, 3.8) is 0 Å². The Morgan fingerprint density at radius 2 is 1.73 bits per heavy atom. The zero-order valence-corrected chi connectivity index (χ0v) is 7.54. The Hall–Kier alpha value is -0.0300. The minimum absolute atomic E-state index is 0.406. The van der Waals surface area contributed by atoms with Crippen LogP contribution in [0.4, 0.5) is 8.78 Å². The molecule has 0 aliphatic rings. The SMILES string of the molecule is CC(F)(F)C(C)(C)CS(=O)O. The molecule has 0 saturated carbocycles. The Labute approximate surface area is 67.3 Å². The summed E-state index contributed by atoms with van der Waals surface area (Å²) in [5.74, 6) is -3.33. The third kappa shape index (κ3) is 3.25. The maximum Gasteiger partial charge on any atom is 0.251 e. The Balaban J connectivity index is 4.34. The second-order valence-corrected chi connectivity index (χ2v) is 4.17. The van der Waals surface area contributed by atoms with Crippen LogP contribution in [0.15, 0.2) is 0 Å². The van der Waals surface area contributed by atoms with Gasteiger partial charge in [0.25, 0.3) is 5.92 Å².